The minimum atomic E-state index is -0.102. The Morgan fingerprint density at radius 2 is 2.26 bits per heavy atom. The van der Waals surface area contributed by atoms with Crippen LogP contribution >= 0.6 is 11.3 Å². The van der Waals surface area contributed by atoms with Gasteiger partial charge in [-0.25, -0.2) is 0 Å². The third-order valence-electron chi connectivity index (χ3n) is 4.64. The smallest absolute Gasteiger partial charge is 0.229 e. The third-order valence-corrected chi connectivity index (χ3v) is 5.67. The van der Waals surface area contributed by atoms with Crippen LogP contribution in [0.4, 0.5) is 0 Å². The monoisotopic (exact) mass is 329 g/mol. The van der Waals surface area contributed by atoms with Crippen LogP contribution < -0.4 is 9.47 Å². The van der Waals surface area contributed by atoms with E-state index in [-0.39, 0.29) is 11.8 Å². The van der Waals surface area contributed by atoms with Crippen molar-refractivity contribution in [3.8, 4) is 11.5 Å². The average molecular weight is 329 g/mol. The van der Waals surface area contributed by atoms with Crippen LogP contribution in [-0.4, -0.2) is 31.1 Å². The molecule has 0 fully saturated rings. The average Bonchev–Trinajstić information content (AvgIpc) is 3.07. The van der Waals surface area contributed by atoms with E-state index in [9.17, 15) is 4.79 Å². The van der Waals surface area contributed by atoms with Gasteiger partial charge in [-0.2, -0.15) is 0 Å². The highest BCUT2D eigenvalue weighted by atomic mass is 32.1. The van der Waals surface area contributed by atoms with Gasteiger partial charge in [-0.1, -0.05) is 12.1 Å². The van der Waals surface area contributed by atoms with Gasteiger partial charge in [-0.05, 0) is 41.5 Å². The van der Waals surface area contributed by atoms with Crippen molar-refractivity contribution < 1.29 is 14.3 Å². The molecule has 0 N–H and O–H groups in total. The van der Waals surface area contributed by atoms with Crippen LogP contribution in [0.15, 0.2) is 29.6 Å². The first kappa shape index (κ1) is 14.6. The summed E-state index contributed by atoms with van der Waals surface area (Å²) in [7, 11) is 1.64. The third kappa shape index (κ3) is 2.59. The Morgan fingerprint density at radius 1 is 1.35 bits per heavy atom. The molecule has 0 unspecified atom stereocenters. The molecular weight excluding hydrogens is 310 g/mol. The lowest BCUT2D eigenvalue weighted by molar-refractivity contribution is -0.137. The van der Waals surface area contributed by atoms with E-state index >= 15 is 0 Å². The van der Waals surface area contributed by atoms with Crippen molar-refractivity contribution in [2.45, 2.75) is 19.4 Å². The Morgan fingerprint density at radius 3 is 3.13 bits per heavy atom. The molecule has 0 spiro atoms. The van der Waals surface area contributed by atoms with E-state index in [1.807, 2.05) is 23.1 Å². The summed E-state index contributed by atoms with van der Waals surface area (Å²) < 4.78 is 11.2. The van der Waals surface area contributed by atoms with Crippen LogP contribution in [0.25, 0.3) is 0 Å². The van der Waals surface area contributed by atoms with Gasteiger partial charge in [-0.15, -0.1) is 11.3 Å². The number of amides is 1. The van der Waals surface area contributed by atoms with Crippen molar-refractivity contribution in [2.24, 2.45) is 5.92 Å². The summed E-state index contributed by atoms with van der Waals surface area (Å²) in [4.78, 5) is 16.3. The number of thiophene rings is 1. The molecule has 0 saturated carbocycles. The molecule has 4 nitrogen and oxygen atoms in total. The Kier molecular flexibility index (Phi) is 3.73. The fourth-order valence-electron chi connectivity index (χ4n) is 3.41. The minimum absolute atomic E-state index is 0.102. The molecule has 0 aliphatic carbocycles. The molecule has 120 valence electrons. The van der Waals surface area contributed by atoms with Crippen molar-refractivity contribution in [1.82, 2.24) is 4.90 Å². The molecule has 2 aliphatic rings. The molecule has 2 aliphatic heterocycles. The standard InChI is InChI=1S/C18H19NO3S/c1-21-15-4-2-3-12-9-14(11-22-17(12)15)18(20)19-7-5-16-13(10-19)6-8-23-16/h2-4,6,8,14H,5,7,9-11H2,1H3/t14-/m1/s1. The maximum Gasteiger partial charge on any atom is 0.229 e. The number of nitrogens with zero attached hydrogens (tertiary/aromatic N) is 1. The predicted octanol–water partition coefficient (Wildman–Crippen LogP) is 2.89. The normalized spacial score (nSPS) is 19.5. The molecular formula is C18H19NO3S. The number of ether oxygens (including phenoxy) is 2. The molecule has 1 atom stereocenters. The first-order chi connectivity index (χ1) is 11.3. The number of hydrogen-bond acceptors (Lipinski definition) is 4. The molecule has 5 heteroatoms. The van der Waals surface area contributed by atoms with Gasteiger partial charge in [0.05, 0.1) is 13.0 Å². The van der Waals surface area contributed by atoms with E-state index in [1.165, 1.54) is 10.4 Å². The molecule has 23 heavy (non-hydrogen) atoms. The number of carbonyl (C=O) groups excluding carboxylic acids is 1. The minimum Gasteiger partial charge on any atom is -0.493 e. The van der Waals surface area contributed by atoms with Gasteiger partial charge in [0.2, 0.25) is 5.91 Å². The van der Waals surface area contributed by atoms with Gasteiger partial charge < -0.3 is 14.4 Å². The predicted molar refractivity (Wildman–Crippen MR) is 89.1 cm³/mol. The first-order valence-corrected chi connectivity index (χ1v) is 8.77. The van der Waals surface area contributed by atoms with Gasteiger partial charge in [0.25, 0.3) is 0 Å². The van der Waals surface area contributed by atoms with Crippen LogP contribution in [0.2, 0.25) is 0 Å². The number of carbonyl (C=O) groups is 1. The summed E-state index contributed by atoms with van der Waals surface area (Å²) in [5.41, 5.74) is 2.36. The summed E-state index contributed by atoms with van der Waals surface area (Å²) in [6, 6.07) is 8.00. The van der Waals surface area contributed by atoms with Crippen LogP contribution in [0.1, 0.15) is 16.0 Å². The van der Waals surface area contributed by atoms with E-state index in [0.717, 1.165) is 43.0 Å². The molecule has 0 radical (unpaired) electrons. The Hall–Kier alpha value is -2.01. The second kappa shape index (κ2) is 5.89. The van der Waals surface area contributed by atoms with Crippen molar-refractivity contribution in [1.29, 1.82) is 0 Å². The second-order valence-electron chi connectivity index (χ2n) is 6.04. The molecule has 1 aromatic heterocycles. The van der Waals surface area contributed by atoms with Gasteiger partial charge in [-0.3, -0.25) is 4.79 Å². The van der Waals surface area contributed by atoms with Crippen molar-refractivity contribution in [2.75, 3.05) is 20.3 Å². The van der Waals surface area contributed by atoms with Crippen molar-refractivity contribution >= 4 is 17.2 Å². The highest BCUT2D eigenvalue weighted by Crippen LogP contribution is 2.36. The lowest BCUT2D eigenvalue weighted by atomic mass is 9.94. The number of hydrogen-bond donors (Lipinski definition) is 0. The topological polar surface area (TPSA) is 38.8 Å². The molecule has 4 rings (SSSR count). The van der Waals surface area contributed by atoms with Crippen molar-refractivity contribution in [3.05, 3.63) is 45.6 Å². The zero-order valence-electron chi connectivity index (χ0n) is 13.1. The maximum absolute atomic E-state index is 12.9. The molecule has 1 amide bonds. The summed E-state index contributed by atoms with van der Waals surface area (Å²) in [5.74, 6) is 1.64. The van der Waals surface area contributed by atoms with Crippen LogP contribution in [-0.2, 0) is 24.2 Å². The zero-order valence-corrected chi connectivity index (χ0v) is 13.9. The number of para-hydroxylation sites is 1. The number of methoxy groups -OCH3 is 1. The van der Waals surface area contributed by atoms with E-state index in [4.69, 9.17) is 9.47 Å². The molecule has 0 saturated heterocycles. The summed E-state index contributed by atoms with van der Waals surface area (Å²) >= 11 is 1.79. The van der Waals surface area contributed by atoms with Crippen LogP contribution in [0.5, 0.6) is 11.5 Å². The van der Waals surface area contributed by atoms with Crippen molar-refractivity contribution in [3.63, 3.8) is 0 Å². The highest BCUT2D eigenvalue weighted by Gasteiger charge is 2.32. The quantitative estimate of drug-likeness (QED) is 0.850. The highest BCUT2D eigenvalue weighted by molar-refractivity contribution is 7.10. The lowest BCUT2D eigenvalue weighted by Gasteiger charge is -2.33. The van der Waals surface area contributed by atoms with Crippen LogP contribution in [0.3, 0.4) is 0 Å². The largest absolute Gasteiger partial charge is 0.493 e. The summed E-state index contributed by atoms with van der Waals surface area (Å²) in [6.45, 7) is 1.98. The van der Waals surface area contributed by atoms with Gasteiger partial charge in [0.1, 0.15) is 6.61 Å². The van der Waals surface area contributed by atoms with E-state index in [0.29, 0.717) is 6.61 Å². The SMILES string of the molecule is COc1cccc2c1OC[C@H](C(=O)N1CCc3sccc3C1)C2. The molecule has 3 heterocycles. The number of fused-ring (bicyclic) bond motifs is 2. The molecule has 0 bridgehead atoms. The van der Waals surface area contributed by atoms with E-state index in [1.54, 1.807) is 18.4 Å². The fraction of sp³-hybridized carbons (Fsp3) is 0.389. The maximum atomic E-state index is 12.9. The van der Waals surface area contributed by atoms with Crippen LogP contribution in [0, 0.1) is 5.92 Å². The zero-order chi connectivity index (χ0) is 15.8. The van der Waals surface area contributed by atoms with E-state index < -0.39 is 0 Å². The molecule has 1 aromatic carbocycles. The fourth-order valence-corrected chi connectivity index (χ4v) is 4.30. The Balaban J connectivity index is 1.50. The number of benzene rings is 1. The van der Waals surface area contributed by atoms with E-state index in [2.05, 4.69) is 11.4 Å². The molecule has 2 aromatic rings. The number of rotatable bonds is 2. The van der Waals surface area contributed by atoms with Gasteiger partial charge in [0, 0.05) is 18.0 Å². The Labute approximate surface area is 139 Å². The van der Waals surface area contributed by atoms with Gasteiger partial charge >= 0.3 is 0 Å². The Bertz CT molecular complexity index is 740. The van der Waals surface area contributed by atoms with Gasteiger partial charge in [0.15, 0.2) is 11.5 Å². The summed E-state index contributed by atoms with van der Waals surface area (Å²) in [5, 5.41) is 2.12. The second-order valence-corrected chi connectivity index (χ2v) is 7.04. The first-order valence-electron chi connectivity index (χ1n) is 7.89. The summed E-state index contributed by atoms with van der Waals surface area (Å²) in [6.07, 6.45) is 1.69. The lowest BCUT2D eigenvalue weighted by Crippen LogP contribution is -2.43.